The van der Waals surface area contributed by atoms with Crippen LogP contribution in [0.15, 0.2) is 17.8 Å². The molecule has 0 aliphatic rings. The van der Waals surface area contributed by atoms with Crippen LogP contribution in [0.25, 0.3) is 0 Å². The van der Waals surface area contributed by atoms with E-state index >= 15 is 0 Å². The Morgan fingerprint density at radius 3 is 2.89 bits per heavy atom. The first-order valence-corrected chi connectivity index (χ1v) is 3.16. The van der Waals surface area contributed by atoms with E-state index in [1.54, 1.807) is 6.21 Å². The lowest BCUT2D eigenvalue weighted by Crippen LogP contribution is -1.80. The predicted octanol–water partition coefficient (Wildman–Crippen LogP) is 1.97. The van der Waals surface area contributed by atoms with Gasteiger partial charge in [0.15, 0.2) is 0 Å². The highest BCUT2D eigenvalue weighted by atomic mass is 16.6. The van der Waals surface area contributed by atoms with E-state index in [4.69, 9.17) is 4.84 Å². The third-order valence-electron chi connectivity index (χ3n) is 0.778. The van der Waals surface area contributed by atoms with Crippen LogP contribution in [0.3, 0.4) is 0 Å². The molecule has 0 unspecified atom stereocenters. The van der Waals surface area contributed by atoms with Gasteiger partial charge < -0.3 is 4.84 Å². The summed E-state index contributed by atoms with van der Waals surface area (Å²) in [6.07, 6.45) is 5.50. The molecule has 2 nitrogen and oxygen atoms in total. The summed E-state index contributed by atoms with van der Waals surface area (Å²) in [4.78, 5) is 4.72. The van der Waals surface area contributed by atoms with Crippen LogP contribution in [-0.2, 0) is 4.84 Å². The van der Waals surface area contributed by atoms with Crippen LogP contribution < -0.4 is 0 Å². The SMILES string of the molecule is C=CCCC=NOCC. The predicted molar refractivity (Wildman–Crippen MR) is 39.5 cm³/mol. The Balaban J connectivity index is 2.94. The number of hydrogen-bond acceptors (Lipinski definition) is 2. The molecule has 0 bridgehead atoms. The van der Waals surface area contributed by atoms with E-state index in [1.807, 2.05) is 13.0 Å². The van der Waals surface area contributed by atoms with E-state index in [-0.39, 0.29) is 0 Å². The number of nitrogens with zero attached hydrogens (tertiary/aromatic N) is 1. The van der Waals surface area contributed by atoms with Crippen LogP contribution in [0.4, 0.5) is 0 Å². The first kappa shape index (κ1) is 8.21. The normalized spacial score (nSPS) is 9.89. The number of oxime groups is 1. The molecule has 0 heterocycles. The van der Waals surface area contributed by atoms with Crippen molar-refractivity contribution in [3.63, 3.8) is 0 Å². The topological polar surface area (TPSA) is 21.6 Å². The highest BCUT2D eigenvalue weighted by Crippen LogP contribution is 1.84. The number of hydrogen-bond donors (Lipinski definition) is 0. The van der Waals surface area contributed by atoms with E-state index in [0.29, 0.717) is 6.61 Å². The second-order valence-corrected chi connectivity index (χ2v) is 1.57. The van der Waals surface area contributed by atoms with Crippen LogP contribution in [0, 0.1) is 0 Å². The van der Waals surface area contributed by atoms with Crippen molar-refractivity contribution in [1.29, 1.82) is 0 Å². The van der Waals surface area contributed by atoms with E-state index in [9.17, 15) is 0 Å². The molecule has 0 saturated carbocycles. The standard InChI is InChI=1S/C7H13NO/c1-3-5-6-7-8-9-4-2/h3,7H,1,4-6H2,2H3. The van der Waals surface area contributed by atoms with Crippen molar-refractivity contribution in [2.75, 3.05) is 6.61 Å². The van der Waals surface area contributed by atoms with Crippen LogP contribution >= 0.6 is 0 Å². The smallest absolute Gasteiger partial charge is 0.114 e. The molecule has 0 aliphatic heterocycles. The van der Waals surface area contributed by atoms with Gasteiger partial charge in [0.2, 0.25) is 0 Å². The molecule has 0 aromatic carbocycles. The molecule has 52 valence electrons. The molecule has 0 spiro atoms. The third kappa shape index (κ3) is 7.21. The molecule has 0 rings (SSSR count). The molecule has 0 aromatic heterocycles. The maximum Gasteiger partial charge on any atom is 0.114 e. The molecule has 0 saturated heterocycles. The Kier molecular flexibility index (Phi) is 6.58. The van der Waals surface area contributed by atoms with Crippen LogP contribution in [-0.4, -0.2) is 12.8 Å². The first-order chi connectivity index (χ1) is 4.41. The van der Waals surface area contributed by atoms with Crippen LogP contribution in [0.2, 0.25) is 0 Å². The maximum absolute atomic E-state index is 4.72. The highest BCUT2D eigenvalue weighted by Gasteiger charge is 1.74. The molecular formula is C7H13NO. The third-order valence-corrected chi connectivity index (χ3v) is 0.778. The number of rotatable bonds is 5. The summed E-state index contributed by atoms with van der Waals surface area (Å²) in [6, 6.07) is 0. The van der Waals surface area contributed by atoms with Gasteiger partial charge in [-0.15, -0.1) is 6.58 Å². The van der Waals surface area contributed by atoms with Crippen LogP contribution in [0.5, 0.6) is 0 Å². The lowest BCUT2D eigenvalue weighted by molar-refractivity contribution is 0.160. The summed E-state index contributed by atoms with van der Waals surface area (Å²) in [5.41, 5.74) is 0. The molecule has 0 aliphatic carbocycles. The monoisotopic (exact) mass is 127 g/mol. The zero-order valence-corrected chi connectivity index (χ0v) is 5.84. The highest BCUT2D eigenvalue weighted by molar-refractivity contribution is 5.56. The van der Waals surface area contributed by atoms with E-state index in [1.165, 1.54) is 0 Å². The molecule has 0 radical (unpaired) electrons. The Bertz CT molecular complexity index is 88.9. The van der Waals surface area contributed by atoms with E-state index in [0.717, 1.165) is 12.8 Å². The average molecular weight is 127 g/mol. The van der Waals surface area contributed by atoms with Gasteiger partial charge in [-0.3, -0.25) is 0 Å². The largest absolute Gasteiger partial charge is 0.396 e. The van der Waals surface area contributed by atoms with Gasteiger partial charge in [0, 0.05) is 6.21 Å². The van der Waals surface area contributed by atoms with Crippen molar-refractivity contribution in [3.05, 3.63) is 12.7 Å². The zero-order valence-electron chi connectivity index (χ0n) is 5.84. The number of allylic oxidation sites excluding steroid dienone is 1. The molecule has 0 atom stereocenters. The summed E-state index contributed by atoms with van der Waals surface area (Å²) in [6.45, 7) is 6.13. The fourth-order valence-corrected chi connectivity index (χ4v) is 0.372. The second-order valence-electron chi connectivity index (χ2n) is 1.57. The average Bonchev–Trinajstić information content (AvgIpc) is 1.89. The molecule has 0 N–H and O–H groups in total. The molecule has 0 fully saturated rings. The Labute approximate surface area is 56.2 Å². The van der Waals surface area contributed by atoms with Gasteiger partial charge in [-0.1, -0.05) is 11.2 Å². The maximum atomic E-state index is 4.72. The summed E-state index contributed by atoms with van der Waals surface area (Å²) in [5, 5.41) is 3.65. The molecule has 0 aromatic rings. The van der Waals surface area contributed by atoms with Gasteiger partial charge in [-0.05, 0) is 19.8 Å². The zero-order chi connectivity index (χ0) is 6.95. The van der Waals surface area contributed by atoms with Crippen molar-refractivity contribution < 1.29 is 4.84 Å². The Morgan fingerprint density at radius 2 is 2.33 bits per heavy atom. The fourth-order valence-electron chi connectivity index (χ4n) is 0.372. The van der Waals surface area contributed by atoms with E-state index in [2.05, 4.69) is 11.7 Å². The van der Waals surface area contributed by atoms with E-state index < -0.39 is 0 Å². The lowest BCUT2D eigenvalue weighted by Gasteiger charge is -1.88. The fraction of sp³-hybridized carbons (Fsp3) is 0.571. The minimum Gasteiger partial charge on any atom is -0.396 e. The second kappa shape index (κ2) is 7.21. The van der Waals surface area contributed by atoms with Crippen LogP contribution in [0.1, 0.15) is 19.8 Å². The number of unbranched alkanes of at least 4 members (excludes halogenated alkanes) is 1. The van der Waals surface area contributed by atoms with Crippen molar-refractivity contribution in [3.8, 4) is 0 Å². The first-order valence-electron chi connectivity index (χ1n) is 3.16. The van der Waals surface area contributed by atoms with Gasteiger partial charge in [0.25, 0.3) is 0 Å². The van der Waals surface area contributed by atoms with Crippen molar-refractivity contribution >= 4 is 6.21 Å². The lowest BCUT2D eigenvalue weighted by atomic mass is 10.3. The Hall–Kier alpha value is -0.790. The van der Waals surface area contributed by atoms with Gasteiger partial charge in [0.1, 0.15) is 6.61 Å². The minimum atomic E-state index is 0.643. The summed E-state index contributed by atoms with van der Waals surface area (Å²) in [5.74, 6) is 0. The van der Waals surface area contributed by atoms with Gasteiger partial charge in [-0.25, -0.2) is 0 Å². The quantitative estimate of drug-likeness (QED) is 0.239. The van der Waals surface area contributed by atoms with Crippen molar-refractivity contribution in [1.82, 2.24) is 0 Å². The van der Waals surface area contributed by atoms with Gasteiger partial charge in [-0.2, -0.15) is 0 Å². The molecule has 9 heavy (non-hydrogen) atoms. The minimum absolute atomic E-state index is 0.643. The van der Waals surface area contributed by atoms with Gasteiger partial charge >= 0.3 is 0 Å². The molecular weight excluding hydrogens is 114 g/mol. The Morgan fingerprint density at radius 1 is 1.56 bits per heavy atom. The summed E-state index contributed by atoms with van der Waals surface area (Å²) < 4.78 is 0. The summed E-state index contributed by atoms with van der Waals surface area (Å²) in [7, 11) is 0. The van der Waals surface area contributed by atoms with Gasteiger partial charge in [0.05, 0.1) is 0 Å². The van der Waals surface area contributed by atoms with Crippen molar-refractivity contribution in [2.24, 2.45) is 5.16 Å². The molecule has 0 amide bonds. The molecule has 2 heteroatoms. The van der Waals surface area contributed by atoms with Crippen molar-refractivity contribution in [2.45, 2.75) is 19.8 Å². The summed E-state index contributed by atoms with van der Waals surface area (Å²) >= 11 is 0.